The largest absolute Gasteiger partial charge is 0.461 e. The van der Waals surface area contributed by atoms with E-state index >= 15 is 0 Å². The van der Waals surface area contributed by atoms with Gasteiger partial charge >= 0.3 is 6.01 Å². The summed E-state index contributed by atoms with van der Waals surface area (Å²) < 4.78 is 20.6. The lowest BCUT2D eigenvalue weighted by molar-refractivity contribution is 0.107. The summed E-state index contributed by atoms with van der Waals surface area (Å²) in [5.41, 5.74) is 7.16. The van der Waals surface area contributed by atoms with Gasteiger partial charge in [0.2, 0.25) is 11.9 Å². The molecule has 1 unspecified atom stereocenters. The molecule has 0 aromatic carbocycles. The zero-order valence-corrected chi connectivity index (χ0v) is 23.6. The van der Waals surface area contributed by atoms with E-state index in [-0.39, 0.29) is 22.4 Å². The summed E-state index contributed by atoms with van der Waals surface area (Å²) in [6.45, 7) is 3.68. The molecular formula is C28H34FN9OS. The van der Waals surface area contributed by atoms with Crippen LogP contribution in [0, 0.1) is 28.1 Å². The summed E-state index contributed by atoms with van der Waals surface area (Å²) in [6, 6.07) is 5.04. The molecule has 3 saturated heterocycles. The number of aryl methyl sites for hydroxylation is 1. The van der Waals surface area contributed by atoms with E-state index in [1.165, 1.54) is 4.88 Å². The first-order valence-electron chi connectivity index (χ1n) is 14.2. The van der Waals surface area contributed by atoms with Gasteiger partial charge in [0.15, 0.2) is 0 Å². The highest BCUT2D eigenvalue weighted by Gasteiger charge is 2.50. The Bertz CT molecular complexity index is 1430. The quantitative estimate of drug-likeness (QED) is 0.536. The smallest absolute Gasteiger partial charge is 0.323 e. The number of nitrogens with zero attached hydrogens (tertiary/aromatic N) is 8. The summed E-state index contributed by atoms with van der Waals surface area (Å²) in [5, 5.41) is 20.1. The Kier molecular flexibility index (Phi) is 5.88. The molecule has 7 rings (SSSR count). The number of halogens is 1. The fourth-order valence-corrected chi connectivity index (χ4v) is 8.76. The number of nitrogens with two attached hydrogens (primary N) is 1. The van der Waals surface area contributed by atoms with E-state index in [0.717, 1.165) is 63.6 Å². The molecule has 0 radical (unpaired) electrons. The third-order valence-electron chi connectivity index (χ3n) is 9.91. The topological polar surface area (TPSA) is 131 Å². The average molecular weight is 564 g/mol. The second-order valence-corrected chi connectivity index (χ2v) is 13.7. The Balaban J connectivity index is 1.18. The molecule has 10 nitrogen and oxygen atoms in total. The fraction of sp³-hybridized carbons (Fsp3) is 0.679. The lowest BCUT2D eigenvalue weighted by Crippen LogP contribution is -2.43. The Morgan fingerprint density at radius 1 is 1.18 bits per heavy atom. The maximum absolute atomic E-state index is 14.4. The summed E-state index contributed by atoms with van der Waals surface area (Å²) in [6.07, 6.45) is 6.15. The number of hydrogen-bond donors (Lipinski definition) is 1. The van der Waals surface area contributed by atoms with Crippen molar-refractivity contribution in [1.82, 2.24) is 19.9 Å². The predicted molar refractivity (Wildman–Crippen MR) is 149 cm³/mol. The van der Waals surface area contributed by atoms with Crippen molar-refractivity contribution in [2.75, 3.05) is 61.9 Å². The van der Waals surface area contributed by atoms with E-state index in [0.29, 0.717) is 55.1 Å². The molecule has 210 valence electrons. The molecular weight excluding hydrogens is 529 g/mol. The van der Waals surface area contributed by atoms with Gasteiger partial charge in [-0.3, -0.25) is 4.90 Å². The third-order valence-corrected chi connectivity index (χ3v) is 11.0. The molecule has 2 aromatic heterocycles. The van der Waals surface area contributed by atoms with Crippen molar-refractivity contribution in [2.45, 2.75) is 68.5 Å². The van der Waals surface area contributed by atoms with Crippen LogP contribution in [0.5, 0.6) is 6.01 Å². The minimum absolute atomic E-state index is 0.142. The summed E-state index contributed by atoms with van der Waals surface area (Å²) >= 11 is 1.55. The van der Waals surface area contributed by atoms with Crippen LogP contribution in [-0.4, -0.2) is 77.9 Å². The average Bonchev–Trinajstić information content (AvgIpc) is 3.33. The number of ether oxygens (including phenoxy) is 1. The zero-order valence-electron chi connectivity index (χ0n) is 22.8. The van der Waals surface area contributed by atoms with Gasteiger partial charge in [0.1, 0.15) is 23.8 Å². The maximum atomic E-state index is 14.4. The lowest BCUT2D eigenvalue weighted by atomic mass is 9.80. The van der Waals surface area contributed by atoms with E-state index < -0.39 is 6.17 Å². The molecule has 4 fully saturated rings. The lowest BCUT2D eigenvalue weighted by Gasteiger charge is -2.31. The van der Waals surface area contributed by atoms with Crippen LogP contribution in [0.15, 0.2) is 0 Å². The fourth-order valence-electron chi connectivity index (χ4n) is 7.62. The van der Waals surface area contributed by atoms with Gasteiger partial charge in [0.05, 0.1) is 22.6 Å². The number of anilines is 3. The van der Waals surface area contributed by atoms with Gasteiger partial charge in [0.25, 0.3) is 0 Å². The van der Waals surface area contributed by atoms with Crippen molar-refractivity contribution in [3.63, 3.8) is 0 Å². The van der Waals surface area contributed by atoms with Crippen molar-refractivity contribution in [3.05, 3.63) is 16.0 Å². The molecule has 12 heteroatoms. The Hall–Kier alpha value is -3.22. The molecule has 2 aliphatic carbocycles. The molecule has 5 heterocycles. The number of aromatic nitrogens is 3. The van der Waals surface area contributed by atoms with Gasteiger partial charge in [-0.25, -0.2) is 4.39 Å². The minimum atomic E-state index is -0.832. The van der Waals surface area contributed by atoms with Crippen LogP contribution >= 0.6 is 11.3 Å². The number of fused-ring (bicyclic) bond motifs is 3. The van der Waals surface area contributed by atoms with Gasteiger partial charge in [0, 0.05) is 49.9 Å². The number of nitriles is 2. The van der Waals surface area contributed by atoms with Crippen LogP contribution in [-0.2, 0) is 11.8 Å². The molecule has 2 N–H and O–H groups in total. The van der Waals surface area contributed by atoms with Crippen LogP contribution in [0.3, 0.4) is 0 Å². The molecule has 3 aliphatic heterocycles. The van der Waals surface area contributed by atoms with E-state index in [1.807, 2.05) is 11.9 Å². The molecule has 2 aromatic rings. The summed E-state index contributed by atoms with van der Waals surface area (Å²) in [7, 11) is 1.91. The highest BCUT2D eigenvalue weighted by molar-refractivity contribution is 7.16. The number of nitrogen functional groups attached to an aromatic ring is 1. The van der Waals surface area contributed by atoms with Crippen molar-refractivity contribution in [3.8, 4) is 18.1 Å². The number of alkyl halides is 1. The van der Waals surface area contributed by atoms with E-state index in [9.17, 15) is 14.9 Å². The first kappa shape index (κ1) is 25.7. The standard InChI is InChI=1S/C28H34FN9OS/c1-36(15-26(14-31)6-7-26)23-33-24(35-25(34-23)39-17-28-4-2-9-38(28)13-18(29)11-28)37-10-8-27(16-37)5-3-20-21(27)19(12-30)22(32)40-20/h18H,2-11,13,15-17,32H2,1H3/t18-,27?,28+/m1/s1. The molecule has 0 bridgehead atoms. The summed E-state index contributed by atoms with van der Waals surface area (Å²) in [5.74, 6) is 1.01. The highest BCUT2D eigenvalue weighted by atomic mass is 32.1. The van der Waals surface area contributed by atoms with Gasteiger partial charge < -0.3 is 20.3 Å². The van der Waals surface area contributed by atoms with E-state index in [1.54, 1.807) is 11.3 Å². The van der Waals surface area contributed by atoms with Gasteiger partial charge in [-0.05, 0) is 57.1 Å². The first-order valence-corrected chi connectivity index (χ1v) is 15.1. The highest BCUT2D eigenvalue weighted by Crippen LogP contribution is 2.52. The zero-order chi connectivity index (χ0) is 27.7. The van der Waals surface area contributed by atoms with Crippen molar-refractivity contribution in [1.29, 1.82) is 10.5 Å². The molecule has 1 saturated carbocycles. The number of thiophene rings is 1. The molecule has 1 spiro atoms. The Morgan fingerprint density at radius 3 is 2.80 bits per heavy atom. The second-order valence-electron chi connectivity index (χ2n) is 12.5. The minimum Gasteiger partial charge on any atom is -0.461 e. The predicted octanol–water partition coefficient (Wildman–Crippen LogP) is 3.18. The van der Waals surface area contributed by atoms with Crippen LogP contribution in [0.1, 0.15) is 60.9 Å². The van der Waals surface area contributed by atoms with Crippen LogP contribution < -0.4 is 20.3 Å². The van der Waals surface area contributed by atoms with Crippen molar-refractivity contribution < 1.29 is 9.13 Å². The summed E-state index contributed by atoms with van der Waals surface area (Å²) in [4.78, 5) is 21.8. The van der Waals surface area contributed by atoms with Crippen LogP contribution in [0.4, 0.5) is 21.3 Å². The molecule has 0 amide bonds. The monoisotopic (exact) mass is 563 g/mol. The number of rotatable bonds is 7. The van der Waals surface area contributed by atoms with Crippen LogP contribution in [0.25, 0.3) is 0 Å². The van der Waals surface area contributed by atoms with E-state index in [4.69, 9.17) is 20.4 Å². The maximum Gasteiger partial charge on any atom is 0.323 e. The van der Waals surface area contributed by atoms with Gasteiger partial charge in [-0.15, -0.1) is 11.3 Å². The Labute approximate surface area is 237 Å². The van der Waals surface area contributed by atoms with Gasteiger partial charge in [-0.1, -0.05) is 0 Å². The molecule has 3 atom stereocenters. The van der Waals surface area contributed by atoms with Crippen molar-refractivity contribution >= 4 is 28.2 Å². The van der Waals surface area contributed by atoms with Gasteiger partial charge in [-0.2, -0.15) is 25.5 Å². The SMILES string of the molecule is CN(CC1(C#N)CC1)c1nc(OC[C@@]23CCCN2C[C@H](F)C3)nc(N2CCC3(CCc4sc(N)c(C#N)c43)C2)n1. The third kappa shape index (κ3) is 4.07. The Morgan fingerprint density at radius 2 is 2.02 bits per heavy atom. The van der Waals surface area contributed by atoms with Crippen molar-refractivity contribution in [2.24, 2.45) is 5.41 Å². The number of hydrogen-bond acceptors (Lipinski definition) is 11. The normalized spacial score (nSPS) is 29.8. The second kappa shape index (κ2) is 9.15. The van der Waals surface area contributed by atoms with Crippen LogP contribution in [0.2, 0.25) is 0 Å². The molecule has 40 heavy (non-hydrogen) atoms. The molecule has 5 aliphatic rings. The first-order chi connectivity index (χ1) is 19.3. The van der Waals surface area contributed by atoms with E-state index in [2.05, 4.69) is 26.9 Å².